The largest absolute Gasteiger partial charge is 0.379 e. The van der Waals surface area contributed by atoms with Gasteiger partial charge in [-0.2, -0.15) is 4.31 Å². The number of para-hydroxylation sites is 1. The smallest absolute Gasteiger partial charge is 0.239 e. The molecule has 1 N–H and O–H groups in total. The molecule has 0 saturated carbocycles. The Bertz CT molecular complexity index is 904. The van der Waals surface area contributed by atoms with Gasteiger partial charge in [0.2, 0.25) is 15.9 Å². The van der Waals surface area contributed by atoms with E-state index in [2.05, 4.69) is 21.2 Å². The summed E-state index contributed by atoms with van der Waals surface area (Å²) < 4.78 is 34.0. The number of fused-ring (bicyclic) bond motifs is 1. The van der Waals surface area contributed by atoms with E-state index in [9.17, 15) is 13.2 Å². The second-order valence-electron chi connectivity index (χ2n) is 6.18. The summed E-state index contributed by atoms with van der Waals surface area (Å²) in [7, 11) is -3.37. The summed E-state index contributed by atoms with van der Waals surface area (Å²) >= 11 is 3.57. The van der Waals surface area contributed by atoms with Gasteiger partial charge in [0.15, 0.2) is 0 Å². The van der Waals surface area contributed by atoms with Crippen molar-refractivity contribution < 1.29 is 17.9 Å². The fourth-order valence-corrected chi connectivity index (χ4v) is 4.94. The molecule has 1 fully saturated rings. The molecular weight excluding hydrogens is 422 g/mol. The zero-order valence-electron chi connectivity index (χ0n) is 14.6. The Morgan fingerprint density at radius 2 is 1.96 bits per heavy atom. The summed E-state index contributed by atoms with van der Waals surface area (Å²) in [4.78, 5) is 12.3. The van der Waals surface area contributed by atoms with Crippen molar-refractivity contribution in [2.24, 2.45) is 0 Å². The zero-order valence-corrected chi connectivity index (χ0v) is 17.0. The molecule has 1 aromatic heterocycles. The summed E-state index contributed by atoms with van der Waals surface area (Å²) in [6.45, 7) is 3.77. The van der Waals surface area contributed by atoms with E-state index < -0.39 is 10.0 Å². The third kappa shape index (κ3) is 4.11. The maximum atomic E-state index is 12.3. The van der Waals surface area contributed by atoms with Gasteiger partial charge in [-0.15, -0.1) is 0 Å². The highest BCUT2D eigenvalue weighted by atomic mass is 79.9. The molecule has 26 heavy (non-hydrogen) atoms. The van der Waals surface area contributed by atoms with Gasteiger partial charge >= 0.3 is 0 Å². The highest BCUT2D eigenvalue weighted by molar-refractivity contribution is 9.10. The lowest BCUT2D eigenvalue weighted by Gasteiger charge is -2.26. The van der Waals surface area contributed by atoms with Crippen LogP contribution in [0.2, 0.25) is 0 Å². The molecule has 0 aliphatic carbocycles. The van der Waals surface area contributed by atoms with Crippen LogP contribution < -0.4 is 5.32 Å². The molecule has 3 rings (SSSR count). The summed E-state index contributed by atoms with van der Waals surface area (Å²) in [6, 6.07) is 7.84. The summed E-state index contributed by atoms with van der Waals surface area (Å²) in [5.74, 6) is -0.313. The molecule has 1 aromatic carbocycles. The average Bonchev–Trinajstić information content (AvgIpc) is 2.88. The zero-order chi connectivity index (χ0) is 18.7. The van der Waals surface area contributed by atoms with Crippen LogP contribution in [0.5, 0.6) is 0 Å². The second-order valence-corrected chi connectivity index (χ2v) is 9.06. The highest BCUT2D eigenvalue weighted by Gasteiger charge is 2.24. The summed E-state index contributed by atoms with van der Waals surface area (Å²) in [6.07, 6.45) is 0. The third-order valence-electron chi connectivity index (χ3n) is 4.50. The fourth-order valence-electron chi connectivity index (χ4n) is 3.07. The lowest BCUT2D eigenvalue weighted by atomic mass is 10.2. The van der Waals surface area contributed by atoms with Crippen molar-refractivity contribution >= 4 is 42.8 Å². The number of carbonyl (C=O) groups excluding carboxylic acids is 1. The van der Waals surface area contributed by atoms with Crippen LogP contribution in [0.4, 0.5) is 0 Å². The molecule has 0 spiro atoms. The molecule has 1 amide bonds. The number of hydrogen-bond donors (Lipinski definition) is 1. The maximum Gasteiger partial charge on any atom is 0.239 e. The molecule has 1 aliphatic heterocycles. The van der Waals surface area contributed by atoms with Crippen LogP contribution in [0, 0.1) is 6.92 Å². The lowest BCUT2D eigenvalue weighted by molar-refractivity contribution is -0.121. The highest BCUT2D eigenvalue weighted by Crippen LogP contribution is 2.30. The van der Waals surface area contributed by atoms with Gasteiger partial charge in [0.05, 0.1) is 19.0 Å². The van der Waals surface area contributed by atoms with Crippen molar-refractivity contribution in [2.75, 3.05) is 38.6 Å². The molecule has 142 valence electrons. The van der Waals surface area contributed by atoms with E-state index in [1.54, 1.807) is 0 Å². The average molecular weight is 444 g/mol. The van der Waals surface area contributed by atoms with Crippen molar-refractivity contribution in [1.29, 1.82) is 0 Å². The van der Waals surface area contributed by atoms with Gasteiger partial charge in [-0.05, 0) is 28.9 Å². The lowest BCUT2D eigenvalue weighted by Crippen LogP contribution is -2.44. The topological polar surface area (TPSA) is 80.6 Å². The predicted molar refractivity (Wildman–Crippen MR) is 104 cm³/mol. The maximum absolute atomic E-state index is 12.3. The first-order chi connectivity index (χ1) is 12.4. The molecule has 1 aliphatic rings. The Morgan fingerprint density at radius 3 is 2.69 bits per heavy atom. The number of morpholine rings is 1. The number of ether oxygens (including phenoxy) is 1. The van der Waals surface area contributed by atoms with E-state index in [4.69, 9.17) is 4.74 Å². The predicted octanol–water partition coefficient (Wildman–Crippen LogP) is 1.49. The van der Waals surface area contributed by atoms with Crippen LogP contribution in [0.15, 0.2) is 28.7 Å². The Hall–Kier alpha value is -1.42. The minimum Gasteiger partial charge on any atom is -0.379 e. The number of benzene rings is 1. The number of halogens is 1. The minimum absolute atomic E-state index is 0.0952. The Morgan fingerprint density at radius 1 is 1.27 bits per heavy atom. The molecule has 0 atom stereocenters. The Labute approximate surface area is 161 Å². The number of nitrogens with zero attached hydrogens (tertiary/aromatic N) is 2. The standard InChI is InChI=1S/C17H22BrN3O4S/c1-13-17(18)14-4-2-3-5-15(14)21(13)12-16(22)19-6-11-26(23,24)20-7-9-25-10-8-20/h2-5H,6-12H2,1H3,(H,19,22). The molecule has 7 nitrogen and oxygen atoms in total. The molecule has 2 heterocycles. The molecule has 2 aromatic rings. The second kappa shape index (κ2) is 8.08. The van der Waals surface area contributed by atoms with Crippen LogP contribution in [-0.2, 0) is 26.1 Å². The van der Waals surface area contributed by atoms with Crippen LogP contribution in [0.1, 0.15) is 5.69 Å². The van der Waals surface area contributed by atoms with Crippen molar-refractivity contribution in [3.05, 3.63) is 34.4 Å². The first-order valence-electron chi connectivity index (χ1n) is 8.46. The molecule has 1 saturated heterocycles. The van der Waals surface area contributed by atoms with Crippen LogP contribution in [0.25, 0.3) is 10.9 Å². The van der Waals surface area contributed by atoms with E-state index in [0.717, 1.165) is 21.1 Å². The Kier molecular flexibility index (Phi) is 6.01. The van der Waals surface area contributed by atoms with Crippen LogP contribution in [0.3, 0.4) is 0 Å². The fraction of sp³-hybridized carbons (Fsp3) is 0.471. The van der Waals surface area contributed by atoms with Crippen molar-refractivity contribution in [3.8, 4) is 0 Å². The van der Waals surface area contributed by atoms with Gasteiger partial charge in [0.25, 0.3) is 0 Å². The SMILES string of the molecule is Cc1c(Br)c2ccccc2n1CC(=O)NCCS(=O)(=O)N1CCOCC1. The molecular formula is C17H22BrN3O4S. The molecule has 9 heteroatoms. The number of aromatic nitrogens is 1. The number of rotatable bonds is 6. The van der Waals surface area contributed by atoms with Crippen molar-refractivity contribution in [2.45, 2.75) is 13.5 Å². The first-order valence-corrected chi connectivity index (χ1v) is 10.9. The summed E-state index contributed by atoms with van der Waals surface area (Å²) in [5, 5.41) is 3.76. The number of sulfonamides is 1. The van der Waals surface area contributed by atoms with Crippen LogP contribution in [-0.4, -0.2) is 61.8 Å². The number of carbonyl (C=O) groups is 1. The van der Waals surface area contributed by atoms with Crippen molar-refractivity contribution in [1.82, 2.24) is 14.2 Å². The van der Waals surface area contributed by atoms with E-state index in [1.807, 2.05) is 35.8 Å². The van der Waals surface area contributed by atoms with E-state index in [1.165, 1.54) is 4.31 Å². The van der Waals surface area contributed by atoms with Gasteiger partial charge in [-0.25, -0.2) is 8.42 Å². The quantitative estimate of drug-likeness (QED) is 0.732. The van der Waals surface area contributed by atoms with Gasteiger partial charge < -0.3 is 14.6 Å². The Balaban J connectivity index is 1.59. The summed E-state index contributed by atoms with van der Waals surface area (Å²) in [5.41, 5.74) is 1.93. The van der Waals surface area contributed by atoms with Gasteiger partial charge in [0.1, 0.15) is 6.54 Å². The third-order valence-corrected chi connectivity index (χ3v) is 7.37. The van der Waals surface area contributed by atoms with E-state index in [-0.39, 0.29) is 24.7 Å². The molecule has 0 bridgehead atoms. The van der Waals surface area contributed by atoms with Crippen LogP contribution >= 0.6 is 15.9 Å². The number of amides is 1. The minimum atomic E-state index is -3.37. The number of nitrogens with one attached hydrogen (secondary N) is 1. The van der Waals surface area contributed by atoms with Gasteiger partial charge in [0, 0.05) is 40.7 Å². The van der Waals surface area contributed by atoms with Gasteiger partial charge in [-0.3, -0.25) is 4.79 Å². The van der Waals surface area contributed by atoms with Gasteiger partial charge in [-0.1, -0.05) is 18.2 Å². The normalized spacial score (nSPS) is 16.1. The molecule has 0 radical (unpaired) electrons. The first kappa shape index (κ1) is 19.3. The molecule has 0 unspecified atom stereocenters. The monoisotopic (exact) mass is 443 g/mol. The number of hydrogen-bond acceptors (Lipinski definition) is 4. The van der Waals surface area contributed by atoms with Crippen molar-refractivity contribution in [3.63, 3.8) is 0 Å². The van der Waals surface area contributed by atoms with E-state index in [0.29, 0.717) is 26.3 Å². The van der Waals surface area contributed by atoms with E-state index >= 15 is 0 Å².